The van der Waals surface area contributed by atoms with E-state index in [-0.39, 0.29) is 5.91 Å². The fourth-order valence-electron chi connectivity index (χ4n) is 3.35. The fraction of sp³-hybridized carbons (Fsp3) is 0.588. The number of carbonyl (C=O) groups is 1. The first-order valence-electron chi connectivity index (χ1n) is 7.82. The van der Waals surface area contributed by atoms with E-state index in [0.717, 1.165) is 37.5 Å². The standard InChI is InChI=1S/C17H24N2O2/c1-12-4-3-5-16(13(12)2)21-7-6-17(20)19-10-14-8-18-9-15(14)11-19/h3-5,14-15,18H,6-11H2,1-2H3/t14-,15+. The Bertz CT molecular complexity index is 518. The molecule has 114 valence electrons. The van der Waals surface area contributed by atoms with E-state index in [2.05, 4.69) is 25.2 Å². The maximum atomic E-state index is 12.2. The minimum Gasteiger partial charge on any atom is -0.493 e. The second kappa shape index (κ2) is 6.06. The molecule has 0 saturated carbocycles. The number of aryl methyl sites for hydroxylation is 1. The average molecular weight is 288 g/mol. The highest BCUT2D eigenvalue weighted by Gasteiger charge is 2.37. The van der Waals surface area contributed by atoms with Crippen LogP contribution in [0.25, 0.3) is 0 Å². The zero-order valence-corrected chi connectivity index (χ0v) is 12.9. The van der Waals surface area contributed by atoms with Gasteiger partial charge in [0.1, 0.15) is 5.75 Å². The van der Waals surface area contributed by atoms with Gasteiger partial charge in [-0.1, -0.05) is 12.1 Å². The molecule has 1 amide bonds. The van der Waals surface area contributed by atoms with Gasteiger partial charge >= 0.3 is 0 Å². The Morgan fingerprint density at radius 1 is 1.29 bits per heavy atom. The van der Waals surface area contributed by atoms with Gasteiger partial charge in [0, 0.05) is 26.2 Å². The van der Waals surface area contributed by atoms with Crippen molar-refractivity contribution in [2.24, 2.45) is 11.8 Å². The Kier molecular flexibility index (Phi) is 4.15. The van der Waals surface area contributed by atoms with E-state index < -0.39 is 0 Å². The highest BCUT2D eigenvalue weighted by atomic mass is 16.5. The molecule has 2 atom stereocenters. The van der Waals surface area contributed by atoms with Gasteiger partial charge in [0.2, 0.25) is 5.91 Å². The van der Waals surface area contributed by atoms with Crippen LogP contribution >= 0.6 is 0 Å². The fourth-order valence-corrected chi connectivity index (χ4v) is 3.35. The number of amides is 1. The molecule has 2 saturated heterocycles. The number of hydrogen-bond donors (Lipinski definition) is 1. The van der Waals surface area contributed by atoms with E-state index in [9.17, 15) is 4.79 Å². The van der Waals surface area contributed by atoms with Crippen molar-refractivity contribution in [2.75, 3.05) is 32.8 Å². The highest BCUT2D eigenvalue weighted by Crippen LogP contribution is 2.26. The van der Waals surface area contributed by atoms with Crippen molar-refractivity contribution in [3.8, 4) is 5.75 Å². The average Bonchev–Trinajstić information content (AvgIpc) is 3.04. The van der Waals surface area contributed by atoms with Crippen LogP contribution in [0, 0.1) is 25.7 Å². The summed E-state index contributed by atoms with van der Waals surface area (Å²) >= 11 is 0. The number of ether oxygens (including phenoxy) is 1. The quantitative estimate of drug-likeness (QED) is 0.918. The first-order chi connectivity index (χ1) is 10.1. The SMILES string of the molecule is Cc1cccc(OCCC(=O)N2C[C@H]3CNC[C@H]3C2)c1C. The smallest absolute Gasteiger partial charge is 0.226 e. The zero-order chi connectivity index (χ0) is 14.8. The Hall–Kier alpha value is -1.55. The number of nitrogens with one attached hydrogen (secondary N) is 1. The predicted molar refractivity (Wildman–Crippen MR) is 82.5 cm³/mol. The molecular formula is C17H24N2O2. The molecule has 2 fully saturated rings. The van der Waals surface area contributed by atoms with Gasteiger partial charge in [-0.25, -0.2) is 0 Å². The van der Waals surface area contributed by atoms with Gasteiger partial charge in [0.15, 0.2) is 0 Å². The van der Waals surface area contributed by atoms with E-state index in [0.29, 0.717) is 24.9 Å². The summed E-state index contributed by atoms with van der Waals surface area (Å²) in [4.78, 5) is 14.3. The minimum atomic E-state index is 0.231. The van der Waals surface area contributed by atoms with Crippen molar-refractivity contribution >= 4 is 5.91 Å². The van der Waals surface area contributed by atoms with Crippen LogP contribution in [0.1, 0.15) is 17.5 Å². The van der Waals surface area contributed by atoms with Gasteiger partial charge in [-0.2, -0.15) is 0 Å². The van der Waals surface area contributed by atoms with Crippen molar-refractivity contribution in [3.05, 3.63) is 29.3 Å². The lowest BCUT2D eigenvalue weighted by molar-refractivity contribution is -0.130. The van der Waals surface area contributed by atoms with Gasteiger partial charge in [0.05, 0.1) is 13.0 Å². The molecule has 3 rings (SSSR count). The van der Waals surface area contributed by atoms with Crippen LogP contribution in [0.15, 0.2) is 18.2 Å². The second-order valence-corrected chi connectivity index (χ2v) is 6.27. The summed E-state index contributed by atoms with van der Waals surface area (Å²) < 4.78 is 5.78. The van der Waals surface area contributed by atoms with Crippen molar-refractivity contribution in [1.29, 1.82) is 0 Å². The van der Waals surface area contributed by atoms with Gasteiger partial charge in [0.25, 0.3) is 0 Å². The van der Waals surface area contributed by atoms with Crippen LogP contribution in [-0.2, 0) is 4.79 Å². The largest absolute Gasteiger partial charge is 0.493 e. The number of likely N-dealkylation sites (tertiary alicyclic amines) is 1. The Labute approximate surface area is 126 Å². The van der Waals surface area contributed by atoms with Gasteiger partial charge in [-0.3, -0.25) is 4.79 Å². The summed E-state index contributed by atoms with van der Waals surface area (Å²) in [6.07, 6.45) is 0.472. The molecule has 4 nitrogen and oxygen atoms in total. The highest BCUT2D eigenvalue weighted by molar-refractivity contribution is 5.76. The molecule has 2 aliphatic heterocycles. The van der Waals surface area contributed by atoms with Gasteiger partial charge in [-0.05, 0) is 42.9 Å². The minimum absolute atomic E-state index is 0.231. The lowest BCUT2D eigenvalue weighted by atomic mass is 10.0. The number of nitrogens with zero attached hydrogens (tertiary/aromatic N) is 1. The van der Waals surface area contributed by atoms with E-state index in [1.807, 2.05) is 17.0 Å². The topological polar surface area (TPSA) is 41.6 Å². The molecule has 1 aromatic carbocycles. The molecule has 2 aliphatic rings. The van der Waals surface area contributed by atoms with E-state index in [4.69, 9.17) is 4.74 Å². The lowest BCUT2D eigenvalue weighted by Crippen LogP contribution is -2.32. The summed E-state index contributed by atoms with van der Waals surface area (Å²) in [6, 6.07) is 6.04. The van der Waals surface area contributed by atoms with Gasteiger partial charge in [-0.15, -0.1) is 0 Å². The van der Waals surface area contributed by atoms with Crippen molar-refractivity contribution in [3.63, 3.8) is 0 Å². The second-order valence-electron chi connectivity index (χ2n) is 6.27. The number of hydrogen-bond acceptors (Lipinski definition) is 3. The zero-order valence-electron chi connectivity index (χ0n) is 12.9. The van der Waals surface area contributed by atoms with E-state index in [1.165, 1.54) is 5.56 Å². The molecule has 4 heteroatoms. The Morgan fingerprint density at radius 3 is 2.71 bits per heavy atom. The van der Waals surface area contributed by atoms with Crippen LogP contribution in [0.2, 0.25) is 0 Å². The maximum Gasteiger partial charge on any atom is 0.226 e. The molecule has 1 N–H and O–H groups in total. The molecular weight excluding hydrogens is 264 g/mol. The monoisotopic (exact) mass is 288 g/mol. The molecule has 0 aliphatic carbocycles. The van der Waals surface area contributed by atoms with Crippen LogP contribution in [-0.4, -0.2) is 43.6 Å². The van der Waals surface area contributed by atoms with Crippen LogP contribution in [0.3, 0.4) is 0 Å². The first-order valence-corrected chi connectivity index (χ1v) is 7.82. The molecule has 0 bridgehead atoms. The number of rotatable bonds is 4. The molecule has 0 radical (unpaired) electrons. The molecule has 1 aromatic rings. The third-order valence-electron chi connectivity index (χ3n) is 4.87. The Balaban J connectivity index is 1.47. The van der Waals surface area contributed by atoms with Crippen LogP contribution < -0.4 is 10.1 Å². The van der Waals surface area contributed by atoms with Crippen LogP contribution in [0.5, 0.6) is 5.75 Å². The first kappa shape index (κ1) is 14.4. The Morgan fingerprint density at radius 2 is 2.00 bits per heavy atom. The summed E-state index contributed by atoms with van der Waals surface area (Å²) in [5.41, 5.74) is 2.38. The number of fused-ring (bicyclic) bond motifs is 1. The summed E-state index contributed by atoms with van der Waals surface area (Å²) in [7, 11) is 0. The molecule has 0 unspecified atom stereocenters. The number of carbonyl (C=O) groups excluding carboxylic acids is 1. The maximum absolute atomic E-state index is 12.2. The predicted octanol–water partition coefficient (Wildman–Crippen LogP) is 1.75. The van der Waals surface area contributed by atoms with Crippen molar-refractivity contribution in [2.45, 2.75) is 20.3 Å². The summed E-state index contributed by atoms with van der Waals surface area (Å²) in [6.45, 7) is 8.56. The molecule has 0 aromatic heterocycles. The summed E-state index contributed by atoms with van der Waals surface area (Å²) in [5, 5.41) is 3.40. The molecule has 2 heterocycles. The van der Waals surface area contributed by atoms with Crippen molar-refractivity contribution in [1.82, 2.24) is 10.2 Å². The van der Waals surface area contributed by atoms with Gasteiger partial charge < -0.3 is 15.0 Å². The van der Waals surface area contributed by atoms with Crippen LogP contribution in [0.4, 0.5) is 0 Å². The summed E-state index contributed by atoms with van der Waals surface area (Å²) in [5.74, 6) is 2.45. The van der Waals surface area contributed by atoms with E-state index in [1.54, 1.807) is 0 Å². The van der Waals surface area contributed by atoms with Crippen molar-refractivity contribution < 1.29 is 9.53 Å². The lowest BCUT2D eigenvalue weighted by Gasteiger charge is -2.18. The normalized spacial score (nSPS) is 24.2. The van der Waals surface area contributed by atoms with E-state index >= 15 is 0 Å². The third-order valence-corrected chi connectivity index (χ3v) is 4.87. The third kappa shape index (κ3) is 3.05. The molecule has 21 heavy (non-hydrogen) atoms. The molecule has 0 spiro atoms. The number of benzene rings is 1.